The zero-order valence-electron chi connectivity index (χ0n) is 9.47. The molecule has 0 unspecified atom stereocenters. The largest absolute Gasteiger partial charge is 0.396 e. The molecule has 14 heavy (non-hydrogen) atoms. The Morgan fingerprint density at radius 1 is 1.21 bits per heavy atom. The third kappa shape index (κ3) is 4.43. The second-order valence-corrected chi connectivity index (χ2v) is 4.54. The summed E-state index contributed by atoms with van der Waals surface area (Å²) in [5, 5.41) is 12.2. The monoisotopic (exact) mass is 199 g/mol. The van der Waals surface area contributed by atoms with Crippen molar-refractivity contribution >= 4 is 0 Å². The Balaban J connectivity index is 2.03. The van der Waals surface area contributed by atoms with Crippen LogP contribution in [0.5, 0.6) is 0 Å². The van der Waals surface area contributed by atoms with Crippen LogP contribution in [0, 0.1) is 5.92 Å². The zero-order chi connectivity index (χ0) is 10.2. The van der Waals surface area contributed by atoms with Gasteiger partial charge in [0, 0.05) is 12.6 Å². The summed E-state index contributed by atoms with van der Waals surface area (Å²) in [5.74, 6) is 0.996. The van der Waals surface area contributed by atoms with Gasteiger partial charge in [0.2, 0.25) is 0 Å². The fraction of sp³-hybridized carbons (Fsp3) is 1.00. The van der Waals surface area contributed by atoms with E-state index in [1.165, 1.54) is 38.5 Å². The normalized spacial score (nSPS) is 27.9. The lowest BCUT2D eigenvalue weighted by Gasteiger charge is -2.29. The minimum atomic E-state index is 0.318. The molecule has 0 aliphatic heterocycles. The van der Waals surface area contributed by atoms with Gasteiger partial charge in [0.25, 0.3) is 0 Å². The number of aliphatic hydroxyl groups excluding tert-OH is 1. The minimum absolute atomic E-state index is 0.318. The maximum atomic E-state index is 8.67. The second kappa shape index (κ2) is 7.24. The average molecular weight is 199 g/mol. The third-order valence-corrected chi connectivity index (χ3v) is 3.31. The fourth-order valence-corrected chi connectivity index (χ4v) is 2.45. The molecule has 0 amide bonds. The van der Waals surface area contributed by atoms with Gasteiger partial charge in [-0.2, -0.15) is 0 Å². The Kier molecular flexibility index (Phi) is 6.20. The van der Waals surface area contributed by atoms with Crippen molar-refractivity contribution in [2.45, 2.75) is 57.9 Å². The lowest BCUT2D eigenvalue weighted by Crippen LogP contribution is -2.34. The molecule has 0 aromatic carbocycles. The molecule has 0 bridgehead atoms. The molecule has 1 fully saturated rings. The van der Waals surface area contributed by atoms with Crippen LogP contribution >= 0.6 is 0 Å². The first-order valence-electron chi connectivity index (χ1n) is 6.21. The van der Waals surface area contributed by atoms with E-state index < -0.39 is 0 Å². The number of aliphatic hydroxyl groups is 1. The van der Waals surface area contributed by atoms with Crippen molar-refractivity contribution in [3.8, 4) is 0 Å². The molecule has 0 heterocycles. The molecule has 0 aromatic rings. The highest BCUT2D eigenvalue weighted by molar-refractivity contribution is 4.76. The van der Waals surface area contributed by atoms with Gasteiger partial charge < -0.3 is 10.4 Å². The number of nitrogens with one attached hydrogen (secondary N) is 1. The van der Waals surface area contributed by atoms with E-state index >= 15 is 0 Å². The third-order valence-electron chi connectivity index (χ3n) is 3.31. The lowest BCUT2D eigenvalue weighted by atomic mass is 9.83. The highest BCUT2D eigenvalue weighted by Crippen LogP contribution is 2.27. The van der Waals surface area contributed by atoms with E-state index in [1.807, 2.05) is 0 Å². The molecule has 2 nitrogen and oxygen atoms in total. The molecule has 84 valence electrons. The van der Waals surface area contributed by atoms with Gasteiger partial charge >= 0.3 is 0 Å². The van der Waals surface area contributed by atoms with Gasteiger partial charge in [-0.15, -0.1) is 0 Å². The van der Waals surface area contributed by atoms with Crippen molar-refractivity contribution in [1.82, 2.24) is 5.32 Å². The van der Waals surface area contributed by atoms with Gasteiger partial charge in [-0.25, -0.2) is 0 Å². The van der Waals surface area contributed by atoms with Gasteiger partial charge in [0.1, 0.15) is 0 Å². The summed E-state index contributed by atoms with van der Waals surface area (Å²) in [6.07, 6.45) is 9.16. The lowest BCUT2D eigenvalue weighted by molar-refractivity contribution is 0.258. The molecule has 0 saturated heterocycles. The maximum Gasteiger partial charge on any atom is 0.0443 e. The second-order valence-electron chi connectivity index (χ2n) is 4.54. The van der Waals surface area contributed by atoms with Gasteiger partial charge in [-0.05, 0) is 44.6 Å². The summed E-state index contributed by atoms with van der Waals surface area (Å²) in [6.45, 7) is 3.59. The van der Waals surface area contributed by atoms with E-state index in [1.54, 1.807) is 0 Å². The predicted molar refractivity (Wildman–Crippen MR) is 60.4 cm³/mol. The van der Waals surface area contributed by atoms with Crippen molar-refractivity contribution in [2.75, 3.05) is 13.2 Å². The summed E-state index contributed by atoms with van der Waals surface area (Å²) in [4.78, 5) is 0. The van der Waals surface area contributed by atoms with Crippen molar-refractivity contribution in [3.05, 3.63) is 0 Å². The quantitative estimate of drug-likeness (QED) is 0.643. The van der Waals surface area contributed by atoms with E-state index in [0.717, 1.165) is 24.9 Å². The SMILES string of the molecule is CCCC1CCC(NCCCO)CC1. The molecule has 0 atom stereocenters. The Morgan fingerprint density at radius 2 is 1.93 bits per heavy atom. The van der Waals surface area contributed by atoms with Crippen LogP contribution in [0.1, 0.15) is 51.9 Å². The van der Waals surface area contributed by atoms with Crippen LogP contribution in [-0.2, 0) is 0 Å². The Labute approximate surface area is 88.1 Å². The van der Waals surface area contributed by atoms with Gasteiger partial charge in [-0.1, -0.05) is 19.8 Å². The molecule has 0 radical (unpaired) electrons. The topological polar surface area (TPSA) is 32.3 Å². The molecular weight excluding hydrogens is 174 g/mol. The number of hydrogen-bond acceptors (Lipinski definition) is 2. The average Bonchev–Trinajstić information content (AvgIpc) is 2.21. The van der Waals surface area contributed by atoms with E-state index in [2.05, 4.69) is 12.2 Å². The van der Waals surface area contributed by atoms with Crippen LogP contribution in [0.15, 0.2) is 0 Å². The van der Waals surface area contributed by atoms with Crippen LogP contribution in [0.4, 0.5) is 0 Å². The summed E-state index contributed by atoms with van der Waals surface area (Å²) < 4.78 is 0. The fourth-order valence-electron chi connectivity index (χ4n) is 2.45. The maximum absolute atomic E-state index is 8.67. The predicted octanol–water partition coefficient (Wildman–Crippen LogP) is 2.32. The van der Waals surface area contributed by atoms with E-state index in [-0.39, 0.29) is 0 Å². The smallest absolute Gasteiger partial charge is 0.0443 e. The van der Waals surface area contributed by atoms with Crippen LogP contribution in [0.2, 0.25) is 0 Å². The molecule has 2 N–H and O–H groups in total. The van der Waals surface area contributed by atoms with E-state index in [0.29, 0.717) is 6.61 Å². The Bertz CT molecular complexity index is 130. The minimum Gasteiger partial charge on any atom is -0.396 e. The molecule has 1 aliphatic rings. The Morgan fingerprint density at radius 3 is 2.50 bits per heavy atom. The Hall–Kier alpha value is -0.0800. The first-order chi connectivity index (χ1) is 6.86. The van der Waals surface area contributed by atoms with Crippen LogP contribution in [0.3, 0.4) is 0 Å². The van der Waals surface area contributed by atoms with Crippen LogP contribution in [-0.4, -0.2) is 24.3 Å². The number of rotatable bonds is 6. The first-order valence-corrected chi connectivity index (χ1v) is 6.21. The van der Waals surface area contributed by atoms with Crippen molar-refractivity contribution < 1.29 is 5.11 Å². The van der Waals surface area contributed by atoms with Crippen LogP contribution < -0.4 is 5.32 Å². The summed E-state index contributed by atoms with van der Waals surface area (Å²) >= 11 is 0. The summed E-state index contributed by atoms with van der Waals surface area (Å²) in [7, 11) is 0. The molecule has 0 spiro atoms. The van der Waals surface area contributed by atoms with Crippen LogP contribution in [0.25, 0.3) is 0 Å². The van der Waals surface area contributed by atoms with Gasteiger partial charge in [0.15, 0.2) is 0 Å². The highest BCUT2D eigenvalue weighted by atomic mass is 16.3. The molecule has 1 aliphatic carbocycles. The van der Waals surface area contributed by atoms with Crippen molar-refractivity contribution in [2.24, 2.45) is 5.92 Å². The van der Waals surface area contributed by atoms with E-state index in [9.17, 15) is 0 Å². The van der Waals surface area contributed by atoms with E-state index in [4.69, 9.17) is 5.11 Å². The standard InChI is InChI=1S/C12H25NO/c1-2-4-11-5-7-12(8-6-11)13-9-3-10-14/h11-14H,2-10H2,1H3. The zero-order valence-corrected chi connectivity index (χ0v) is 9.47. The van der Waals surface area contributed by atoms with Crippen molar-refractivity contribution in [3.63, 3.8) is 0 Å². The molecule has 1 rings (SSSR count). The molecular formula is C12H25NO. The van der Waals surface area contributed by atoms with Gasteiger partial charge in [0.05, 0.1) is 0 Å². The highest BCUT2D eigenvalue weighted by Gasteiger charge is 2.19. The first kappa shape index (κ1) is 12.0. The summed E-state index contributed by atoms with van der Waals surface area (Å²) in [5.41, 5.74) is 0. The van der Waals surface area contributed by atoms with Crippen molar-refractivity contribution in [1.29, 1.82) is 0 Å². The van der Waals surface area contributed by atoms with Gasteiger partial charge in [-0.3, -0.25) is 0 Å². The molecule has 1 saturated carbocycles. The summed E-state index contributed by atoms with van der Waals surface area (Å²) in [6, 6.07) is 0.731. The number of hydrogen-bond donors (Lipinski definition) is 2. The molecule has 2 heteroatoms. The molecule has 0 aromatic heterocycles.